The second-order valence-corrected chi connectivity index (χ2v) is 4.92. The molecule has 0 atom stereocenters. The van der Waals surface area contributed by atoms with E-state index in [0.29, 0.717) is 6.61 Å². The van der Waals surface area contributed by atoms with Gasteiger partial charge in [-0.25, -0.2) is 9.78 Å². The number of aromatic nitrogens is 1. The van der Waals surface area contributed by atoms with Crippen molar-refractivity contribution in [3.63, 3.8) is 0 Å². The molecule has 0 saturated carbocycles. The molecule has 18 heavy (non-hydrogen) atoms. The Kier molecular flexibility index (Phi) is 4.13. The number of pyridine rings is 1. The highest BCUT2D eigenvalue weighted by Gasteiger charge is 2.22. The molecule has 0 aliphatic carbocycles. The summed E-state index contributed by atoms with van der Waals surface area (Å²) in [7, 11) is 3.90. The zero-order chi connectivity index (χ0) is 13.9. The van der Waals surface area contributed by atoms with Crippen molar-refractivity contribution in [2.75, 3.05) is 26.4 Å². The molecule has 0 spiro atoms. The van der Waals surface area contributed by atoms with Crippen LogP contribution in [0.5, 0.6) is 5.88 Å². The number of hydrogen-bond donors (Lipinski definition) is 2. The fourth-order valence-corrected chi connectivity index (χ4v) is 1.08. The highest BCUT2D eigenvalue weighted by Crippen LogP contribution is 2.21. The molecule has 6 nitrogen and oxygen atoms in total. The van der Waals surface area contributed by atoms with Gasteiger partial charge >= 0.3 is 5.97 Å². The SMILES string of the molecule is CN(C)C(C)(C)COc1ncc(C(=O)O)cc1N. The van der Waals surface area contributed by atoms with Crippen molar-refractivity contribution >= 4 is 11.7 Å². The van der Waals surface area contributed by atoms with Crippen LogP contribution in [0.1, 0.15) is 24.2 Å². The molecule has 1 rings (SSSR count). The molecule has 0 amide bonds. The Balaban J connectivity index is 2.78. The zero-order valence-corrected chi connectivity index (χ0v) is 11.1. The summed E-state index contributed by atoms with van der Waals surface area (Å²) < 4.78 is 5.53. The topological polar surface area (TPSA) is 88.7 Å². The van der Waals surface area contributed by atoms with Gasteiger partial charge in [0.1, 0.15) is 6.61 Å². The molecule has 6 heteroatoms. The van der Waals surface area contributed by atoms with Crippen molar-refractivity contribution in [3.8, 4) is 5.88 Å². The Bertz CT molecular complexity index is 444. The number of hydrogen-bond acceptors (Lipinski definition) is 5. The highest BCUT2D eigenvalue weighted by atomic mass is 16.5. The first-order chi connectivity index (χ1) is 8.24. The van der Waals surface area contributed by atoms with Gasteiger partial charge in [0.05, 0.1) is 11.3 Å². The fraction of sp³-hybridized carbons (Fsp3) is 0.500. The molecule has 1 aromatic rings. The van der Waals surface area contributed by atoms with Crippen LogP contribution < -0.4 is 10.5 Å². The second kappa shape index (κ2) is 5.22. The van der Waals surface area contributed by atoms with E-state index in [1.54, 1.807) is 0 Å². The van der Waals surface area contributed by atoms with E-state index in [0.717, 1.165) is 0 Å². The smallest absolute Gasteiger partial charge is 0.337 e. The largest absolute Gasteiger partial charge is 0.478 e. The first-order valence-electron chi connectivity index (χ1n) is 5.53. The third-order valence-corrected chi connectivity index (χ3v) is 2.90. The number of aromatic carboxylic acids is 1. The minimum atomic E-state index is -1.06. The average Bonchev–Trinajstić information content (AvgIpc) is 2.26. The summed E-state index contributed by atoms with van der Waals surface area (Å²) >= 11 is 0. The normalized spacial score (nSPS) is 11.6. The maximum atomic E-state index is 10.7. The van der Waals surface area contributed by atoms with Crippen molar-refractivity contribution in [3.05, 3.63) is 17.8 Å². The van der Waals surface area contributed by atoms with Crippen molar-refractivity contribution in [2.24, 2.45) is 0 Å². The third-order valence-electron chi connectivity index (χ3n) is 2.90. The Morgan fingerprint density at radius 1 is 1.56 bits per heavy atom. The summed E-state index contributed by atoms with van der Waals surface area (Å²) in [5.74, 6) is -0.802. The predicted molar refractivity (Wildman–Crippen MR) is 68.9 cm³/mol. The zero-order valence-electron chi connectivity index (χ0n) is 11.1. The van der Waals surface area contributed by atoms with Gasteiger partial charge in [0.2, 0.25) is 5.88 Å². The van der Waals surface area contributed by atoms with Gasteiger partial charge < -0.3 is 20.5 Å². The van der Waals surface area contributed by atoms with E-state index >= 15 is 0 Å². The number of rotatable bonds is 5. The first kappa shape index (κ1) is 14.2. The van der Waals surface area contributed by atoms with Gasteiger partial charge in [-0.15, -0.1) is 0 Å². The molecule has 3 N–H and O–H groups in total. The van der Waals surface area contributed by atoms with Crippen molar-refractivity contribution in [2.45, 2.75) is 19.4 Å². The van der Waals surface area contributed by atoms with E-state index in [1.807, 2.05) is 32.8 Å². The Morgan fingerprint density at radius 2 is 2.17 bits per heavy atom. The number of ether oxygens (including phenoxy) is 1. The minimum absolute atomic E-state index is 0.0479. The van der Waals surface area contributed by atoms with Crippen LogP contribution in [-0.2, 0) is 0 Å². The molecule has 0 unspecified atom stereocenters. The van der Waals surface area contributed by atoms with Crippen LogP contribution in [0, 0.1) is 0 Å². The van der Waals surface area contributed by atoms with E-state index in [1.165, 1.54) is 12.3 Å². The molecule has 0 fully saturated rings. The van der Waals surface area contributed by atoms with Gasteiger partial charge in [0.25, 0.3) is 0 Å². The third kappa shape index (κ3) is 3.33. The number of likely N-dealkylation sites (N-methyl/N-ethyl adjacent to an activating group) is 1. The lowest BCUT2D eigenvalue weighted by Gasteiger charge is -2.32. The van der Waals surface area contributed by atoms with Gasteiger partial charge in [0, 0.05) is 11.7 Å². The van der Waals surface area contributed by atoms with E-state index in [9.17, 15) is 4.79 Å². The van der Waals surface area contributed by atoms with E-state index in [-0.39, 0.29) is 22.7 Å². The molecule has 100 valence electrons. The number of carboxylic acids is 1. The van der Waals surface area contributed by atoms with Gasteiger partial charge in [-0.3, -0.25) is 0 Å². The summed E-state index contributed by atoms with van der Waals surface area (Å²) in [6.45, 7) is 4.45. The fourth-order valence-electron chi connectivity index (χ4n) is 1.08. The van der Waals surface area contributed by atoms with Crippen molar-refractivity contribution in [1.82, 2.24) is 9.88 Å². The minimum Gasteiger partial charge on any atom is -0.478 e. The lowest BCUT2D eigenvalue weighted by Crippen LogP contribution is -2.43. The average molecular weight is 253 g/mol. The number of carbonyl (C=O) groups is 1. The molecule has 0 aliphatic rings. The van der Waals surface area contributed by atoms with Crippen LogP contribution >= 0.6 is 0 Å². The lowest BCUT2D eigenvalue weighted by molar-refractivity contribution is 0.0696. The van der Waals surface area contributed by atoms with Crippen molar-refractivity contribution in [1.29, 1.82) is 0 Å². The summed E-state index contributed by atoms with van der Waals surface area (Å²) in [6, 6.07) is 1.34. The summed E-state index contributed by atoms with van der Waals surface area (Å²) in [5.41, 5.74) is 5.81. The second-order valence-electron chi connectivity index (χ2n) is 4.92. The standard InChI is InChI=1S/C12H19N3O3/c1-12(2,15(3)4)7-18-10-9(13)5-8(6-14-10)11(16)17/h5-6H,7,13H2,1-4H3,(H,16,17). The van der Waals surface area contributed by atoms with Crippen LogP contribution in [0.3, 0.4) is 0 Å². The Labute approximate surface area is 106 Å². The highest BCUT2D eigenvalue weighted by molar-refractivity contribution is 5.88. The van der Waals surface area contributed by atoms with Crippen molar-refractivity contribution < 1.29 is 14.6 Å². The lowest BCUT2D eigenvalue weighted by atomic mass is 10.1. The number of nitrogens with two attached hydrogens (primary N) is 1. The maximum Gasteiger partial charge on any atom is 0.337 e. The van der Waals surface area contributed by atoms with Gasteiger partial charge in [-0.05, 0) is 34.0 Å². The summed E-state index contributed by atoms with van der Waals surface area (Å²) in [4.78, 5) is 16.7. The van der Waals surface area contributed by atoms with Crippen LogP contribution in [0.25, 0.3) is 0 Å². The number of nitrogen functional groups attached to an aromatic ring is 1. The van der Waals surface area contributed by atoms with Crippen LogP contribution in [0.4, 0.5) is 5.69 Å². The summed E-state index contributed by atoms with van der Waals surface area (Å²) in [6.07, 6.45) is 1.23. The molecule has 0 aliphatic heterocycles. The van der Waals surface area contributed by atoms with E-state index in [2.05, 4.69) is 4.98 Å². The molecular formula is C12H19N3O3. The van der Waals surface area contributed by atoms with Crippen LogP contribution in [0.15, 0.2) is 12.3 Å². The number of nitrogens with zero attached hydrogens (tertiary/aromatic N) is 2. The molecule has 1 aromatic heterocycles. The molecule has 0 radical (unpaired) electrons. The molecule has 1 heterocycles. The molecular weight excluding hydrogens is 234 g/mol. The monoisotopic (exact) mass is 253 g/mol. The van der Waals surface area contributed by atoms with E-state index in [4.69, 9.17) is 15.6 Å². The van der Waals surface area contributed by atoms with Gasteiger partial charge in [-0.1, -0.05) is 0 Å². The van der Waals surface area contributed by atoms with Gasteiger partial charge in [0.15, 0.2) is 0 Å². The predicted octanol–water partition coefficient (Wildman–Crippen LogP) is 1.08. The number of anilines is 1. The number of carboxylic acid groups (broad SMARTS) is 1. The maximum absolute atomic E-state index is 10.7. The molecule has 0 bridgehead atoms. The molecule has 0 saturated heterocycles. The van der Waals surface area contributed by atoms with Crippen LogP contribution in [-0.4, -0.2) is 47.2 Å². The van der Waals surface area contributed by atoms with E-state index < -0.39 is 5.97 Å². The van der Waals surface area contributed by atoms with Crippen LogP contribution in [0.2, 0.25) is 0 Å². The quantitative estimate of drug-likeness (QED) is 0.816. The molecule has 0 aromatic carbocycles. The Morgan fingerprint density at radius 3 is 2.61 bits per heavy atom. The first-order valence-corrected chi connectivity index (χ1v) is 5.53. The summed E-state index contributed by atoms with van der Waals surface area (Å²) in [5, 5.41) is 8.79. The van der Waals surface area contributed by atoms with Gasteiger partial charge in [-0.2, -0.15) is 0 Å². The Hall–Kier alpha value is -1.82.